The average Bonchev–Trinajstić information content (AvgIpc) is 2.70. The summed E-state index contributed by atoms with van der Waals surface area (Å²) in [5.74, 6) is 0.273. The highest BCUT2D eigenvalue weighted by atomic mass is 16.5. The minimum Gasteiger partial charge on any atom is -0.426 e. The van der Waals surface area contributed by atoms with Crippen LogP contribution in [0.4, 0.5) is 0 Å². The van der Waals surface area contributed by atoms with E-state index in [2.05, 4.69) is 0 Å². The summed E-state index contributed by atoms with van der Waals surface area (Å²) in [6, 6.07) is 23.4. The third kappa shape index (κ3) is 3.83. The van der Waals surface area contributed by atoms with Crippen LogP contribution in [0.2, 0.25) is 0 Å². The minimum absolute atomic E-state index is 0.375. The lowest BCUT2D eigenvalue weighted by Crippen LogP contribution is -2.07. The Morgan fingerprint density at radius 1 is 0.621 bits per heavy atom. The van der Waals surface area contributed by atoms with Crippen molar-refractivity contribution in [2.75, 3.05) is 0 Å². The van der Waals surface area contributed by atoms with E-state index < -0.39 is 0 Å². The Kier molecular flexibility index (Phi) is 5.00. The van der Waals surface area contributed by atoms with Gasteiger partial charge in [0.2, 0.25) is 0 Å². The summed E-state index contributed by atoms with van der Waals surface area (Å²) in [5.41, 5.74) is 1.76. The van der Waals surface area contributed by atoms with E-state index in [4.69, 9.17) is 9.47 Å². The Balaban J connectivity index is 1.96. The molecule has 4 nitrogen and oxygen atoms in total. The first kappa shape index (κ1) is 18.7. The maximum atomic E-state index is 11.7. The monoisotopic (exact) mass is 384 g/mol. The number of carbonyl (C=O) groups is 2. The van der Waals surface area contributed by atoms with Gasteiger partial charge in [-0.2, -0.15) is 0 Å². The molecule has 0 heterocycles. The molecule has 4 heteroatoms. The van der Waals surface area contributed by atoms with Gasteiger partial charge in [0.25, 0.3) is 0 Å². The Hall–Kier alpha value is -3.66. The van der Waals surface area contributed by atoms with Crippen molar-refractivity contribution in [3.05, 3.63) is 83.9 Å². The number of hydrogen-bond acceptors (Lipinski definition) is 4. The van der Waals surface area contributed by atoms with Gasteiger partial charge in [-0.1, -0.05) is 60.7 Å². The quantitative estimate of drug-likeness (QED) is 0.348. The summed E-state index contributed by atoms with van der Waals surface area (Å²) in [6.07, 6.45) is 0.452. The Bertz CT molecular complexity index is 1140. The highest BCUT2D eigenvalue weighted by Crippen LogP contribution is 2.36. The fourth-order valence-electron chi connectivity index (χ4n) is 3.67. The SMILES string of the molecule is CC(=O)Oc1ccc2ccccc2c1Cc1c(OC(C)=O)ccc2ccccc12. The summed E-state index contributed by atoms with van der Waals surface area (Å²) in [7, 11) is 0. The van der Waals surface area contributed by atoms with Crippen LogP contribution in [0.25, 0.3) is 21.5 Å². The van der Waals surface area contributed by atoms with Gasteiger partial charge >= 0.3 is 11.9 Å². The summed E-state index contributed by atoms with van der Waals surface area (Å²) >= 11 is 0. The topological polar surface area (TPSA) is 52.6 Å². The van der Waals surface area contributed by atoms with Crippen LogP contribution in [0.1, 0.15) is 25.0 Å². The number of carbonyl (C=O) groups excluding carboxylic acids is 2. The molecule has 0 bridgehead atoms. The molecule has 4 aromatic rings. The molecule has 0 radical (unpaired) electrons. The molecule has 0 aliphatic carbocycles. The van der Waals surface area contributed by atoms with Crippen LogP contribution in [0, 0.1) is 0 Å². The van der Waals surface area contributed by atoms with E-state index >= 15 is 0 Å². The standard InChI is InChI=1S/C25H20O4/c1-16(26)28-24-13-11-18-7-3-5-9-20(18)22(24)15-23-21-10-6-4-8-19(21)12-14-25(23)29-17(2)27/h3-14H,15H2,1-2H3. The van der Waals surface area contributed by atoms with Crippen LogP contribution in [0.3, 0.4) is 0 Å². The second-order valence-corrected chi connectivity index (χ2v) is 6.89. The van der Waals surface area contributed by atoms with E-state index in [1.807, 2.05) is 72.8 Å². The molecule has 29 heavy (non-hydrogen) atoms. The highest BCUT2D eigenvalue weighted by Gasteiger charge is 2.17. The Labute approximate surface area is 168 Å². The molecule has 0 aliphatic rings. The molecule has 0 amide bonds. The predicted octanol–water partition coefficient (Wildman–Crippen LogP) is 5.43. The molecule has 0 aliphatic heterocycles. The van der Waals surface area contributed by atoms with Crippen molar-refractivity contribution < 1.29 is 19.1 Å². The maximum absolute atomic E-state index is 11.7. The number of ether oxygens (including phenoxy) is 2. The number of rotatable bonds is 4. The lowest BCUT2D eigenvalue weighted by Gasteiger charge is -2.16. The molecule has 0 N–H and O–H groups in total. The average molecular weight is 384 g/mol. The minimum atomic E-state index is -0.375. The van der Waals surface area contributed by atoms with Crippen LogP contribution in [-0.4, -0.2) is 11.9 Å². The third-order valence-corrected chi connectivity index (χ3v) is 4.86. The molecule has 4 rings (SSSR count). The van der Waals surface area contributed by atoms with Gasteiger partial charge in [-0.3, -0.25) is 9.59 Å². The van der Waals surface area contributed by atoms with Crippen molar-refractivity contribution in [2.45, 2.75) is 20.3 Å². The van der Waals surface area contributed by atoms with Crippen LogP contribution >= 0.6 is 0 Å². The van der Waals surface area contributed by atoms with Crippen molar-refractivity contribution in [3.63, 3.8) is 0 Å². The first-order chi connectivity index (χ1) is 14.0. The smallest absolute Gasteiger partial charge is 0.308 e. The van der Waals surface area contributed by atoms with E-state index in [9.17, 15) is 9.59 Å². The lowest BCUT2D eigenvalue weighted by molar-refractivity contribution is -0.132. The van der Waals surface area contributed by atoms with Gasteiger partial charge < -0.3 is 9.47 Å². The molecule has 0 spiro atoms. The number of esters is 2. The van der Waals surface area contributed by atoms with E-state index in [1.165, 1.54) is 13.8 Å². The number of fused-ring (bicyclic) bond motifs is 2. The van der Waals surface area contributed by atoms with Crippen LogP contribution < -0.4 is 9.47 Å². The van der Waals surface area contributed by atoms with Crippen molar-refractivity contribution in [1.29, 1.82) is 0 Å². The first-order valence-electron chi connectivity index (χ1n) is 9.41. The van der Waals surface area contributed by atoms with Gasteiger partial charge in [-0.25, -0.2) is 0 Å². The first-order valence-corrected chi connectivity index (χ1v) is 9.41. The van der Waals surface area contributed by atoms with E-state index in [1.54, 1.807) is 0 Å². The second kappa shape index (κ2) is 7.76. The van der Waals surface area contributed by atoms with Crippen molar-refractivity contribution in [3.8, 4) is 11.5 Å². The van der Waals surface area contributed by atoms with Crippen LogP contribution in [-0.2, 0) is 16.0 Å². The molecule has 0 unspecified atom stereocenters. The summed E-state index contributed by atoms with van der Waals surface area (Å²) in [5, 5.41) is 4.08. The van der Waals surface area contributed by atoms with Gasteiger partial charge in [0.05, 0.1) is 0 Å². The van der Waals surface area contributed by atoms with E-state index in [0.29, 0.717) is 17.9 Å². The van der Waals surface area contributed by atoms with Crippen molar-refractivity contribution in [1.82, 2.24) is 0 Å². The Morgan fingerprint density at radius 2 is 1.03 bits per heavy atom. The molecule has 0 fully saturated rings. The summed E-state index contributed by atoms with van der Waals surface area (Å²) in [4.78, 5) is 23.4. The Morgan fingerprint density at radius 3 is 1.45 bits per heavy atom. The van der Waals surface area contributed by atoms with Crippen molar-refractivity contribution in [2.24, 2.45) is 0 Å². The molecule has 4 aromatic carbocycles. The third-order valence-electron chi connectivity index (χ3n) is 4.86. The van der Waals surface area contributed by atoms with Gasteiger partial charge in [-0.05, 0) is 33.7 Å². The zero-order valence-electron chi connectivity index (χ0n) is 16.3. The fourth-order valence-corrected chi connectivity index (χ4v) is 3.67. The second-order valence-electron chi connectivity index (χ2n) is 6.89. The summed E-state index contributed by atoms with van der Waals surface area (Å²) < 4.78 is 11.0. The number of benzene rings is 4. The zero-order valence-corrected chi connectivity index (χ0v) is 16.3. The van der Waals surface area contributed by atoms with Crippen LogP contribution in [0.5, 0.6) is 11.5 Å². The number of hydrogen-bond donors (Lipinski definition) is 0. The highest BCUT2D eigenvalue weighted by molar-refractivity contribution is 5.92. The van der Waals surface area contributed by atoms with E-state index in [-0.39, 0.29) is 11.9 Å². The molecule has 0 atom stereocenters. The molecule has 0 aromatic heterocycles. The predicted molar refractivity (Wildman–Crippen MR) is 113 cm³/mol. The summed E-state index contributed by atoms with van der Waals surface area (Å²) in [6.45, 7) is 2.78. The van der Waals surface area contributed by atoms with Gasteiger partial charge in [0.15, 0.2) is 0 Å². The zero-order chi connectivity index (χ0) is 20.4. The normalized spacial score (nSPS) is 10.8. The lowest BCUT2D eigenvalue weighted by atomic mass is 9.93. The molecular weight excluding hydrogens is 364 g/mol. The van der Waals surface area contributed by atoms with Gasteiger partial charge in [0.1, 0.15) is 11.5 Å². The molecule has 0 saturated carbocycles. The molecule has 144 valence electrons. The van der Waals surface area contributed by atoms with E-state index in [0.717, 1.165) is 32.7 Å². The van der Waals surface area contributed by atoms with Crippen LogP contribution in [0.15, 0.2) is 72.8 Å². The maximum Gasteiger partial charge on any atom is 0.308 e. The van der Waals surface area contributed by atoms with Gasteiger partial charge in [0, 0.05) is 31.4 Å². The largest absolute Gasteiger partial charge is 0.426 e. The molecular formula is C25H20O4. The van der Waals surface area contributed by atoms with Gasteiger partial charge in [-0.15, -0.1) is 0 Å². The molecule has 0 saturated heterocycles. The fraction of sp³-hybridized carbons (Fsp3) is 0.120. The van der Waals surface area contributed by atoms with Crippen molar-refractivity contribution >= 4 is 33.5 Å².